The fourth-order valence-electron chi connectivity index (χ4n) is 4.15. The van der Waals surface area contributed by atoms with E-state index in [1.54, 1.807) is 6.08 Å². The van der Waals surface area contributed by atoms with Crippen LogP contribution < -0.4 is 0 Å². The van der Waals surface area contributed by atoms with E-state index in [9.17, 15) is 9.59 Å². The number of cyclic esters (lactones) is 1. The Bertz CT molecular complexity index is 517. The van der Waals surface area contributed by atoms with Gasteiger partial charge in [-0.25, -0.2) is 4.79 Å². The zero-order valence-corrected chi connectivity index (χ0v) is 14.3. The van der Waals surface area contributed by atoms with Crippen LogP contribution in [0.15, 0.2) is 24.8 Å². The molecule has 1 fully saturated rings. The van der Waals surface area contributed by atoms with Gasteiger partial charge in [0.25, 0.3) is 0 Å². The molecule has 0 aromatic carbocycles. The van der Waals surface area contributed by atoms with Crippen LogP contribution in [0.4, 0.5) is 0 Å². The molecule has 1 saturated carbocycles. The molecular weight excluding hydrogens is 276 g/mol. The topological polar surface area (TPSA) is 43.4 Å². The smallest absolute Gasteiger partial charge is 0.331 e. The zero-order valence-electron chi connectivity index (χ0n) is 14.3. The molecule has 3 nitrogen and oxygen atoms in total. The van der Waals surface area contributed by atoms with Gasteiger partial charge < -0.3 is 4.74 Å². The number of allylic oxidation sites excluding steroid dienone is 1. The molecule has 1 aliphatic heterocycles. The van der Waals surface area contributed by atoms with Gasteiger partial charge in [0, 0.05) is 17.9 Å². The van der Waals surface area contributed by atoms with E-state index in [4.69, 9.17) is 4.74 Å². The van der Waals surface area contributed by atoms with Gasteiger partial charge in [-0.3, -0.25) is 4.79 Å². The Morgan fingerprint density at radius 2 is 1.86 bits per heavy atom. The lowest BCUT2D eigenvalue weighted by atomic mass is 9.54. The van der Waals surface area contributed by atoms with Crippen molar-refractivity contribution in [3.63, 3.8) is 0 Å². The molecule has 3 heteroatoms. The average Bonchev–Trinajstić information content (AvgIpc) is 2.42. The van der Waals surface area contributed by atoms with Crippen molar-refractivity contribution in [3.05, 3.63) is 24.8 Å². The molecule has 0 aromatic rings. The molecule has 0 radical (unpaired) electrons. The SMILES string of the molecule is C=C[C@]1(C)CCC(=O)[C@@]2(C)CCCC(C)(C)[C@@H]2/C=C\C(=O)O1. The second-order valence-electron chi connectivity index (χ2n) is 7.96. The Morgan fingerprint density at radius 3 is 2.50 bits per heavy atom. The third kappa shape index (κ3) is 3.04. The number of carbonyl (C=O) groups excluding carboxylic acids is 2. The molecule has 3 atom stereocenters. The number of hydrogen-bond acceptors (Lipinski definition) is 3. The summed E-state index contributed by atoms with van der Waals surface area (Å²) >= 11 is 0. The van der Waals surface area contributed by atoms with Crippen LogP contribution in [-0.2, 0) is 14.3 Å². The maximum absolute atomic E-state index is 13.0. The van der Waals surface area contributed by atoms with Crippen LogP contribution in [0.2, 0.25) is 0 Å². The van der Waals surface area contributed by atoms with Crippen molar-refractivity contribution in [1.82, 2.24) is 0 Å². The quantitative estimate of drug-likeness (QED) is 0.538. The van der Waals surface area contributed by atoms with E-state index < -0.39 is 11.0 Å². The van der Waals surface area contributed by atoms with Gasteiger partial charge in [0.1, 0.15) is 11.4 Å². The number of carbonyl (C=O) groups is 2. The maximum Gasteiger partial charge on any atom is 0.331 e. The van der Waals surface area contributed by atoms with Gasteiger partial charge in [-0.2, -0.15) is 0 Å². The van der Waals surface area contributed by atoms with Crippen LogP contribution in [0.25, 0.3) is 0 Å². The first-order chi connectivity index (χ1) is 10.1. The van der Waals surface area contributed by atoms with Gasteiger partial charge in [-0.15, -0.1) is 0 Å². The van der Waals surface area contributed by atoms with Crippen LogP contribution in [-0.4, -0.2) is 17.4 Å². The molecule has 122 valence electrons. The predicted octanol–water partition coefficient (Wildman–Crippen LogP) is 4.23. The number of esters is 1. The van der Waals surface area contributed by atoms with Gasteiger partial charge in [0.2, 0.25) is 0 Å². The third-order valence-corrected chi connectivity index (χ3v) is 5.72. The highest BCUT2D eigenvalue weighted by atomic mass is 16.6. The number of ether oxygens (including phenoxy) is 1. The van der Waals surface area contributed by atoms with Crippen LogP contribution >= 0.6 is 0 Å². The maximum atomic E-state index is 13.0. The highest BCUT2D eigenvalue weighted by Gasteiger charge is 2.49. The molecule has 22 heavy (non-hydrogen) atoms. The zero-order chi connectivity index (χ0) is 16.6. The summed E-state index contributed by atoms with van der Waals surface area (Å²) < 4.78 is 5.50. The minimum atomic E-state index is -0.773. The van der Waals surface area contributed by atoms with Crippen LogP contribution in [0.5, 0.6) is 0 Å². The van der Waals surface area contributed by atoms with Crippen molar-refractivity contribution in [1.29, 1.82) is 0 Å². The van der Waals surface area contributed by atoms with Crippen LogP contribution in [0.3, 0.4) is 0 Å². The average molecular weight is 304 g/mol. The highest BCUT2D eigenvalue weighted by Crippen LogP contribution is 2.53. The lowest BCUT2D eigenvalue weighted by Crippen LogP contribution is -2.47. The Labute approximate surface area is 133 Å². The first-order valence-corrected chi connectivity index (χ1v) is 8.21. The molecule has 2 rings (SSSR count). The van der Waals surface area contributed by atoms with Crippen molar-refractivity contribution in [2.24, 2.45) is 16.7 Å². The van der Waals surface area contributed by atoms with Gasteiger partial charge in [-0.1, -0.05) is 39.8 Å². The second-order valence-corrected chi connectivity index (χ2v) is 7.96. The van der Waals surface area contributed by atoms with Gasteiger partial charge in [0.15, 0.2) is 0 Å². The van der Waals surface area contributed by atoms with E-state index >= 15 is 0 Å². The van der Waals surface area contributed by atoms with Crippen molar-refractivity contribution in [2.45, 2.75) is 65.4 Å². The molecule has 1 aliphatic carbocycles. The van der Waals surface area contributed by atoms with E-state index in [0.29, 0.717) is 12.8 Å². The number of hydrogen-bond donors (Lipinski definition) is 0. The molecular formula is C19H28O3. The Kier molecular flexibility index (Phi) is 4.38. The first kappa shape index (κ1) is 17.0. The lowest BCUT2D eigenvalue weighted by Gasteiger charge is -2.49. The molecule has 1 heterocycles. The van der Waals surface area contributed by atoms with Crippen molar-refractivity contribution in [2.75, 3.05) is 0 Å². The van der Waals surface area contributed by atoms with Crippen molar-refractivity contribution < 1.29 is 14.3 Å². The lowest BCUT2D eigenvalue weighted by molar-refractivity contribution is -0.151. The molecule has 0 aromatic heterocycles. The van der Waals surface area contributed by atoms with E-state index in [1.807, 2.05) is 13.0 Å². The summed E-state index contributed by atoms with van der Waals surface area (Å²) in [6.45, 7) is 12.0. The minimum absolute atomic E-state index is 0.0143. The minimum Gasteiger partial charge on any atom is -0.452 e. The van der Waals surface area contributed by atoms with Gasteiger partial charge >= 0.3 is 5.97 Å². The van der Waals surface area contributed by atoms with Crippen LogP contribution in [0.1, 0.15) is 59.8 Å². The number of fused-ring (bicyclic) bond motifs is 1. The standard InChI is InChI=1S/C19H28O3/c1-6-18(4)13-10-15(20)19(5)12-7-11-17(2,3)14(19)8-9-16(21)22-18/h6,8-9,14H,1,7,10-13H2,2-5H3/b9-8-/t14-,18+,19-/m0/s1. The van der Waals surface area contributed by atoms with E-state index in [0.717, 1.165) is 19.3 Å². The van der Waals surface area contributed by atoms with E-state index in [-0.39, 0.29) is 23.1 Å². The van der Waals surface area contributed by atoms with Crippen LogP contribution in [0, 0.1) is 16.7 Å². The number of Topliss-reactive ketones (excluding diaryl/α,β-unsaturated/α-hetero) is 1. The molecule has 0 saturated heterocycles. The van der Waals surface area contributed by atoms with E-state index in [1.165, 1.54) is 6.08 Å². The van der Waals surface area contributed by atoms with Crippen molar-refractivity contribution >= 4 is 11.8 Å². The molecule has 0 amide bonds. The first-order valence-electron chi connectivity index (χ1n) is 8.21. The summed E-state index contributed by atoms with van der Waals surface area (Å²) in [5.41, 5.74) is -1.15. The Morgan fingerprint density at radius 1 is 1.18 bits per heavy atom. The summed E-state index contributed by atoms with van der Waals surface area (Å²) in [4.78, 5) is 25.1. The molecule has 2 aliphatic rings. The van der Waals surface area contributed by atoms with E-state index in [2.05, 4.69) is 27.4 Å². The fraction of sp³-hybridized carbons (Fsp3) is 0.684. The summed E-state index contributed by atoms with van der Waals surface area (Å²) in [6.07, 6.45) is 8.99. The summed E-state index contributed by atoms with van der Waals surface area (Å²) in [7, 11) is 0. The third-order valence-electron chi connectivity index (χ3n) is 5.72. The number of ketones is 1. The summed E-state index contributed by atoms with van der Waals surface area (Å²) in [6, 6.07) is 0. The normalized spacial score (nSPS) is 40.3. The van der Waals surface area contributed by atoms with Gasteiger partial charge in [-0.05, 0) is 43.6 Å². The molecule has 0 N–H and O–H groups in total. The Hall–Kier alpha value is -1.38. The predicted molar refractivity (Wildman–Crippen MR) is 87.3 cm³/mol. The molecule has 0 spiro atoms. The second kappa shape index (κ2) is 5.68. The van der Waals surface area contributed by atoms with Crippen molar-refractivity contribution in [3.8, 4) is 0 Å². The largest absolute Gasteiger partial charge is 0.452 e. The summed E-state index contributed by atoms with van der Waals surface area (Å²) in [5, 5.41) is 0. The number of rotatable bonds is 1. The molecule has 0 bridgehead atoms. The summed E-state index contributed by atoms with van der Waals surface area (Å²) in [5.74, 6) is 0.00306. The molecule has 0 unspecified atom stereocenters. The fourth-order valence-corrected chi connectivity index (χ4v) is 4.15. The Balaban J connectivity index is 2.44. The van der Waals surface area contributed by atoms with Gasteiger partial charge in [0.05, 0.1) is 0 Å². The monoisotopic (exact) mass is 304 g/mol. The highest BCUT2D eigenvalue weighted by molar-refractivity contribution is 5.87.